The molecule has 0 radical (unpaired) electrons. The Labute approximate surface area is 96.5 Å². The molecule has 1 aliphatic rings. The molecular formula is C12H17ClFN. The number of nitrogens with one attached hydrogen (secondary N) is 1. The highest BCUT2D eigenvalue weighted by Crippen LogP contribution is 2.14. The van der Waals surface area contributed by atoms with Crippen molar-refractivity contribution in [3.8, 4) is 0 Å². The van der Waals surface area contributed by atoms with Crippen LogP contribution >= 0.6 is 12.4 Å². The fraction of sp³-hybridized carbons (Fsp3) is 0.500. The number of hydrogen-bond donors (Lipinski definition) is 1. The van der Waals surface area contributed by atoms with Gasteiger partial charge in [0.25, 0.3) is 0 Å². The second kappa shape index (κ2) is 6.09. The fourth-order valence-corrected chi connectivity index (χ4v) is 2.03. The van der Waals surface area contributed by atoms with Gasteiger partial charge in [-0.1, -0.05) is 18.2 Å². The van der Waals surface area contributed by atoms with Crippen LogP contribution in [0.5, 0.6) is 0 Å². The predicted octanol–water partition coefficient (Wildman–Crippen LogP) is 2.93. The molecule has 1 nitrogen and oxygen atoms in total. The predicted molar refractivity (Wildman–Crippen MR) is 63.0 cm³/mol. The largest absolute Gasteiger partial charge is 0.314 e. The molecule has 0 spiro atoms. The summed E-state index contributed by atoms with van der Waals surface area (Å²) in [6.07, 6.45) is 4.42. The highest BCUT2D eigenvalue weighted by atomic mass is 35.5. The van der Waals surface area contributed by atoms with E-state index < -0.39 is 0 Å². The zero-order chi connectivity index (χ0) is 9.80. The Morgan fingerprint density at radius 1 is 1.33 bits per heavy atom. The molecule has 1 N–H and O–H groups in total. The molecule has 0 amide bonds. The van der Waals surface area contributed by atoms with E-state index in [1.807, 2.05) is 12.1 Å². The van der Waals surface area contributed by atoms with Crippen molar-refractivity contribution in [2.24, 2.45) is 0 Å². The van der Waals surface area contributed by atoms with Gasteiger partial charge in [0.15, 0.2) is 0 Å². The lowest BCUT2D eigenvalue weighted by molar-refractivity contribution is 0.542. The van der Waals surface area contributed by atoms with Crippen LogP contribution in [0.3, 0.4) is 0 Å². The Bertz CT molecular complexity index is 297. The SMILES string of the molecule is Cl.Fc1ccccc1CCC1CCCN1. The first kappa shape index (κ1) is 12.5. The second-order valence-corrected chi connectivity index (χ2v) is 3.92. The summed E-state index contributed by atoms with van der Waals surface area (Å²) < 4.78 is 13.2. The average molecular weight is 230 g/mol. The molecular weight excluding hydrogens is 213 g/mol. The van der Waals surface area contributed by atoms with E-state index in [1.165, 1.54) is 18.9 Å². The lowest BCUT2D eigenvalue weighted by Gasteiger charge is -2.09. The standard InChI is InChI=1S/C12H16FN.ClH/c13-12-6-2-1-4-10(12)7-8-11-5-3-9-14-11;/h1-2,4,6,11,14H,3,5,7-9H2;1H. The first-order chi connectivity index (χ1) is 6.86. The summed E-state index contributed by atoms with van der Waals surface area (Å²) in [6.45, 7) is 1.13. The van der Waals surface area contributed by atoms with Gasteiger partial charge >= 0.3 is 0 Å². The Kier molecular flexibility index (Phi) is 5.06. The number of halogens is 2. The van der Waals surface area contributed by atoms with Gasteiger partial charge in [0.2, 0.25) is 0 Å². The van der Waals surface area contributed by atoms with Crippen LogP contribution in [0.1, 0.15) is 24.8 Å². The van der Waals surface area contributed by atoms with Gasteiger partial charge in [-0.25, -0.2) is 4.39 Å². The first-order valence-corrected chi connectivity index (χ1v) is 5.33. The van der Waals surface area contributed by atoms with Crippen LogP contribution in [0.2, 0.25) is 0 Å². The fourth-order valence-electron chi connectivity index (χ4n) is 2.03. The normalized spacial score (nSPS) is 19.9. The highest BCUT2D eigenvalue weighted by molar-refractivity contribution is 5.85. The van der Waals surface area contributed by atoms with Crippen molar-refractivity contribution in [2.45, 2.75) is 31.7 Å². The summed E-state index contributed by atoms with van der Waals surface area (Å²) in [7, 11) is 0. The molecule has 1 atom stereocenters. The third kappa shape index (κ3) is 3.47. The molecule has 15 heavy (non-hydrogen) atoms. The molecule has 1 aliphatic heterocycles. The van der Waals surface area contributed by atoms with Gasteiger partial charge in [-0.3, -0.25) is 0 Å². The van der Waals surface area contributed by atoms with Crippen LogP contribution in [0, 0.1) is 5.82 Å². The molecule has 1 unspecified atom stereocenters. The second-order valence-electron chi connectivity index (χ2n) is 3.92. The van der Waals surface area contributed by atoms with Crippen molar-refractivity contribution >= 4 is 12.4 Å². The Hall–Kier alpha value is -0.600. The highest BCUT2D eigenvalue weighted by Gasteiger charge is 2.14. The third-order valence-electron chi connectivity index (χ3n) is 2.88. The minimum absolute atomic E-state index is 0. The molecule has 1 fully saturated rings. The maximum Gasteiger partial charge on any atom is 0.126 e. The summed E-state index contributed by atoms with van der Waals surface area (Å²) in [5, 5.41) is 3.42. The van der Waals surface area contributed by atoms with Gasteiger partial charge in [-0.15, -0.1) is 12.4 Å². The van der Waals surface area contributed by atoms with E-state index >= 15 is 0 Å². The van der Waals surface area contributed by atoms with E-state index in [9.17, 15) is 4.39 Å². The van der Waals surface area contributed by atoms with Crippen molar-refractivity contribution < 1.29 is 4.39 Å². The van der Waals surface area contributed by atoms with E-state index in [-0.39, 0.29) is 18.2 Å². The zero-order valence-electron chi connectivity index (χ0n) is 8.71. The molecule has 84 valence electrons. The molecule has 1 aromatic carbocycles. The maximum atomic E-state index is 13.2. The zero-order valence-corrected chi connectivity index (χ0v) is 9.52. The number of aryl methyl sites for hydroxylation is 1. The molecule has 0 aliphatic carbocycles. The molecule has 3 heteroatoms. The van der Waals surface area contributed by atoms with Gasteiger partial charge in [-0.2, -0.15) is 0 Å². The topological polar surface area (TPSA) is 12.0 Å². The van der Waals surface area contributed by atoms with Crippen molar-refractivity contribution in [3.63, 3.8) is 0 Å². The smallest absolute Gasteiger partial charge is 0.126 e. The monoisotopic (exact) mass is 229 g/mol. The Balaban J connectivity index is 0.00000112. The van der Waals surface area contributed by atoms with Gasteiger partial charge in [-0.05, 0) is 43.9 Å². The summed E-state index contributed by atoms with van der Waals surface area (Å²) >= 11 is 0. The summed E-state index contributed by atoms with van der Waals surface area (Å²) in [5.41, 5.74) is 0.848. The first-order valence-electron chi connectivity index (χ1n) is 5.33. The van der Waals surface area contributed by atoms with E-state index in [2.05, 4.69) is 5.32 Å². The number of rotatable bonds is 3. The van der Waals surface area contributed by atoms with Crippen molar-refractivity contribution in [1.82, 2.24) is 5.32 Å². The van der Waals surface area contributed by atoms with E-state index in [4.69, 9.17) is 0 Å². The summed E-state index contributed by atoms with van der Waals surface area (Å²) in [5.74, 6) is -0.0644. The maximum absolute atomic E-state index is 13.2. The van der Waals surface area contributed by atoms with Gasteiger partial charge in [0.1, 0.15) is 5.82 Å². The van der Waals surface area contributed by atoms with Crippen molar-refractivity contribution in [1.29, 1.82) is 0 Å². The molecule has 0 bridgehead atoms. The van der Waals surface area contributed by atoms with Gasteiger partial charge < -0.3 is 5.32 Å². The average Bonchev–Trinajstić information content (AvgIpc) is 2.69. The molecule has 0 saturated carbocycles. The Morgan fingerprint density at radius 2 is 2.13 bits per heavy atom. The van der Waals surface area contributed by atoms with Crippen molar-refractivity contribution in [2.75, 3.05) is 6.54 Å². The lowest BCUT2D eigenvalue weighted by Crippen LogP contribution is -2.21. The molecule has 0 aromatic heterocycles. The van der Waals surface area contributed by atoms with Gasteiger partial charge in [0.05, 0.1) is 0 Å². The molecule has 1 saturated heterocycles. The van der Waals surface area contributed by atoms with Crippen LogP contribution in [0.15, 0.2) is 24.3 Å². The summed E-state index contributed by atoms with van der Waals surface area (Å²) in [6, 6.07) is 7.67. The molecule has 2 rings (SSSR count). The minimum atomic E-state index is -0.0644. The lowest BCUT2D eigenvalue weighted by atomic mass is 10.0. The minimum Gasteiger partial charge on any atom is -0.314 e. The molecule has 1 heterocycles. The van der Waals surface area contributed by atoms with Crippen LogP contribution < -0.4 is 5.32 Å². The number of hydrogen-bond acceptors (Lipinski definition) is 1. The van der Waals surface area contributed by atoms with Crippen LogP contribution in [-0.2, 0) is 6.42 Å². The third-order valence-corrected chi connectivity index (χ3v) is 2.88. The summed E-state index contributed by atoms with van der Waals surface area (Å²) in [4.78, 5) is 0. The van der Waals surface area contributed by atoms with E-state index in [0.717, 1.165) is 24.9 Å². The van der Waals surface area contributed by atoms with Crippen LogP contribution in [0.25, 0.3) is 0 Å². The molecule has 1 aromatic rings. The van der Waals surface area contributed by atoms with E-state index in [0.29, 0.717) is 6.04 Å². The Morgan fingerprint density at radius 3 is 2.80 bits per heavy atom. The quantitative estimate of drug-likeness (QED) is 0.841. The van der Waals surface area contributed by atoms with E-state index in [1.54, 1.807) is 6.07 Å². The van der Waals surface area contributed by atoms with Gasteiger partial charge in [0, 0.05) is 6.04 Å². The van der Waals surface area contributed by atoms with Crippen molar-refractivity contribution in [3.05, 3.63) is 35.6 Å². The van der Waals surface area contributed by atoms with Crippen LogP contribution in [-0.4, -0.2) is 12.6 Å². The number of benzene rings is 1. The van der Waals surface area contributed by atoms with Crippen LogP contribution in [0.4, 0.5) is 4.39 Å².